The Labute approximate surface area is 169 Å². The Balaban J connectivity index is 1.74. The van der Waals surface area contributed by atoms with Gasteiger partial charge in [-0.1, -0.05) is 40.9 Å². The van der Waals surface area contributed by atoms with Crippen molar-refractivity contribution in [1.29, 1.82) is 0 Å². The first-order chi connectivity index (χ1) is 13.3. The summed E-state index contributed by atoms with van der Waals surface area (Å²) in [5, 5.41) is 2.70. The van der Waals surface area contributed by atoms with Crippen molar-refractivity contribution in [1.82, 2.24) is 4.31 Å². The molecule has 28 heavy (non-hydrogen) atoms. The lowest BCUT2D eigenvalue weighted by molar-refractivity contribution is -0.118. The van der Waals surface area contributed by atoms with Crippen LogP contribution in [0.4, 0.5) is 5.69 Å². The monoisotopic (exact) mass is 420 g/mol. The van der Waals surface area contributed by atoms with Crippen molar-refractivity contribution in [2.75, 3.05) is 18.5 Å². The molecule has 2 aliphatic heterocycles. The molecule has 1 saturated heterocycles. The van der Waals surface area contributed by atoms with Gasteiger partial charge in [0.2, 0.25) is 10.0 Å². The van der Waals surface area contributed by atoms with E-state index in [1.165, 1.54) is 16.4 Å². The number of nitrogens with zero attached hydrogens (tertiary/aromatic N) is 1. The van der Waals surface area contributed by atoms with E-state index in [0.717, 1.165) is 29.5 Å². The second kappa shape index (κ2) is 7.06. The number of halogens is 1. The molecule has 0 aliphatic carbocycles. The summed E-state index contributed by atoms with van der Waals surface area (Å²) in [5.41, 5.74) is 3.59. The summed E-state index contributed by atoms with van der Waals surface area (Å²) in [6.45, 7) is 4.31. The van der Waals surface area contributed by atoms with Crippen LogP contribution in [0, 0.1) is 13.8 Å². The second-order valence-corrected chi connectivity index (χ2v) is 9.58. The molecule has 148 valence electrons. The molecule has 2 aromatic carbocycles. The average Bonchev–Trinajstić information content (AvgIpc) is 3.10. The van der Waals surface area contributed by atoms with Gasteiger partial charge < -0.3 is 10.1 Å². The molecule has 0 radical (unpaired) electrons. The molecule has 1 amide bonds. The van der Waals surface area contributed by atoms with Gasteiger partial charge in [-0.15, -0.1) is 0 Å². The van der Waals surface area contributed by atoms with Gasteiger partial charge in [-0.2, -0.15) is 4.31 Å². The minimum atomic E-state index is -3.83. The van der Waals surface area contributed by atoms with Gasteiger partial charge in [-0.3, -0.25) is 4.79 Å². The van der Waals surface area contributed by atoms with Crippen molar-refractivity contribution in [3.63, 3.8) is 0 Å². The third-order valence-corrected chi connectivity index (χ3v) is 7.46. The number of carbonyl (C=O) groups excluding carboxylic acids is 1. The van der Waals surface area contributed by atoms with Gasteiger partial charge in [0, 0.05) is 12.6 Å². The van der Waals surface area contributed by atoms with Crippen LogP contribution in [0.15, 0.2) is 35.2 Å². The molecule has 0 bridgehead atoms. The van der Waals surface area contributed by atoms with Crippen molar-refractivity contribution in [3.05, 3.63) is 52.0 Å². The quantitative estimate of drug-likeness (QED) is 0.819. The van der Waals surface area contributed by atoms with E-state index in [-0.39, 0.29) is 28.5 Å². The lowest BCUT2D eigenvalue weighted by atomic mass is 10.0. The van der Waals surface area contributed by atoms with Crippen LogP contribution in [0.3, 0.4) is 0 Å². The van der Waals surface area contributed by atoms with Gasteiger partial charge in [-0.05, 0) is 38.3 Å². The molecule has 2 aliphatic rings. The summed E-state index contributed by atoms with van der Waals surface area (Å²) in [6.07, 6.45) is 1.54. The van der Waals surface area contributed by atoms with Crippen LogP contribution in [0.5, 0.6) is 5.75 Å². The molecule has 1 unspecified atom stereocenters. The standard InChI is InChI=1S/C20H21ClN2O4S/c1-12-6-13(2)8-14(7-12)17-4-3-5-23(17)28(25,26)19-10-18-16(9-15(19)21)22-20(24)11-27-18/h6-10,17H,3-5,11H2,1-2H3,(H,22,24). The SMILES string of the molecule is Cc1cc(C)cc(C2CCCN2S(=O)(=O)c2cc3c(cc2Cl)NC(=O)CO3)c1. The first kappa shape index (κ1) is 19.2. The van der Waals surface area contributed by atoms with E-state index < -0.39 is 10.0 Å². The number of anilines is 1. The second-order valence-electron chi connectivity index (χ2n) is 7.31. The molecule has 2 aromatic rings. The molecule has 6 nitrogen and oxygen atoms in total. The predicted octanol–water partition coefficient (Wildman–Crippen LogP) is 3.81. The zero-order valence-electron chi connectivity index (χ0n) is 15.7. The van der Waals surface area contributed by atoms with Crippen LogP contribution in [0.2, 0.25) is 5.02 Å². The van der Waals surface area contributed by atoms with Crippen molar-refractivity contribution >= 4 is 33.2 Å². The summed E-state index contributed by atoms with van der Waals surface area (Å²) in [6, 6.07) is 8.77. The Bertz CT molecular complexity index is 1050. The Hall–Kier alpha value is -2.09. The minimum absolute atomic E-state index is 0.000315. The van der Waals surface area contributed by atoms with Crippen LogP contribution in [0.25, 0.3) is 0 Å². The highest BCUT2D eigenvalue weighted by atomic mass is 35.5. The van der Waals surface area contributed by atoms with Gasteiger partial charge in [-0.25, -0.2) is 8.42 Å². The van der Waals surface area contributed by atoms with E-state index in [0.29, 0.717) is 18.0 Å². The number of sulfonamides is 1. The van der Waals surface area contributed by atoms with Crippen LogP contribution < -0.4 is 10.1 Å². The number of nitrogens with one attached hydrogen (secondary N) is 1. The number of amides is 1. The topological polar surface area (TPSA) is 75.7 Å². The van der Waals surface area contributed by atoms with Crippen molar-refractivity contribution < 1.29 is 17.9 Å². The highest BCUT2D eigenvalue weighted by Gasteiger charge is 2.38. The third-order valence-electron chi connectivity index (χ3n) is 5.09. The highest BCUT2D eigenvalue weighted by Crippen LogP contribution is 2.41. The fraction of sp³-hybridized carbons (Fsp3) is 0.350. The molecular weight excluding hydrogens is 400 g/mol. The minimum Gasteiger partial charge on any atom is -0.482 e. The smallest absolute Gasteiger partial charge is 0.262 e. The number of benzene rings is 2. The fourth-order valence-electron chi connectivity index (χ4n) is 3.97. The number of ether oxygens (including phenoxy) is 1. The van der Waals surface area contributed by atoms with E-state index >= 15 is 0 Å². The molecule has 1 fully saturated rings. The largest absolute Gasteiger partial charge is 0.482 e. The Morgan fingerprint density at radius 2 is 1.86 bits per heavy atom. The summed E-state index contributed by atoms with van der Waals surface area (Å²) >= 11 is 6.30. The van der Waals surface area contributed by atoms with Crippen LogP contribution >= 0.6 is 11.6 Å². The van der Waals surface area contributed by atoms with Gasteiger partial charge >= 0.3 is 0 Å². The molecular formula is C20H21ClN2O4S. The number of hydrogen-bond acceptors (Lipinski definition) is 4. The van der Waals surface area contributed by atoms with Crippen molar-refractivity contribution in [3.8, 4) is 5.75 Å². The Kier molecular flexibility index (Phi) is 4.85. The number of aryl methyl sites for hydroxylation is 2. The van der Waals surface area contributed by atoms with Gasteiger partial charge in [0.15, 0.2) is 6.61 Å². The summed E-state index contributed by atoms with van der Waals surface area (Å²) in [7, 11) is -3.83. The lowest BCUT2D eigenvalue weighted by Gasteiger charge is -2.26. The first-order valence-corrected chi connectivity index (χ1v) is 10.9. The number of rotatable bonds is 3. The Morgan fingerprint density at radius 1 is 1.14 bits per heavy atom. The van der Waals surface area contributed by atoms with Crippen molar-refractivity contribution in [2.45, 2.75) is 37.6 Å². The molecule has 1 atom stereocenters. The van der Waals surface area contributed by atoms with Crippen LogP contribution in [-0.4, -0.2) is 31.8 Å². The summed E-state index contributed by atoms with van der Waals surface area (Å²) < 4.78 is 33.8. The molecule has 1 N–H and O–H groups in total. The maximum atomic E-state index is 13.5. The van der Waals surface area contributed by atoms with Crippen molar-refractivity contribution in [2.24, 2.45) is 0 Å². The van der Waals surface area contributed by atoms with Gasteiger partial charge in [0.1, 0.15) is 10.6 Å². The number of carbonyl (C=O) groups is 1. The summed E-state index contributed by atoms with van der Waals surface area (Å²) in [4.78, 5) is 11.5. The van der Waals surface area contributed by atoms with E-state index in [4.69, 9.17) is 16.3 Å². The highest BCUT2D eigenvalue weighted by molar-refractivity contribution is 7.89. The number of fused-ring (bicyclic) bond motifs is 1. The molecule has 0 spiro atoms. The van der Waals surface area contributed by atoms with E-state index in [1.54, 1.807) is 0 Å². The van der Waals surface area contributed by atoms with E-state index in [2.05, 4.69) is 11.4 Å². The first-order valence-electron chi connectivity index (χ1n) is 9.12. The molecule has 0 aromatic heterocycles. The zero-order chi connectivity index (χ0) is 20.1. The van der Waals surface area contributed by atoms with E-state index in [1.807, 2.05) is 26.0 Å². The predicted molar refractivity (Wildman–Crippen MR) is 107 cm³/mol. The van der Waals surface area contributed by atoms with E-state index in [9.17, 15) is 13.2 Å². The maximum Gasteiger partial charge on any atom is 0.262 e. The number of hydrogen-bond donors (Lipinski definition) is 1. The molecule has 0 saturated carbocycles. The fourth-order valence-corrected chi connectivity index (χ4v) is 6.17. The maximum absolute atomic E-state index is 13.5. The zero-order valence-corrected chi connectivity index (χ0v) is 17.2. The van der Waals surface area contributed by atoms with Gasteiger partial charge in [0.05, 0.1) is 16.8 Å². The van der Waals surface area contributed by atoms with Crippen LogP contribution in [-0.2, 0) is 14.8 Å². The molecule has 2 heterocycles. The average molecular weight is 421 g/mol. The lowest BCUT2D eigenvalue weighted by Crippen LogP contribution is -2.31. The molecule has 4 rings (SSSR count). The Morgan fingerprint density at radius 3 is 2.57 bits per heavy atom. The van der Waals surface area contributed by atoms with Gasteiger partial charge in [0.25, 0.3) is 5.91 Å². The summed E-state index contributed by atoms with van der Waals surface area (Å²) in [5.74, 6) is 0.0123. The normalized spacial score (nSPS) is 19.8. The molecule has 8 heteroatoms. The van der Waals surface area contributed by atoms with Crippen LogP contribution in [0.1, 0.15) is 35.6 Å². The third kappa shape index (κ3) is 3.38.